The fraction of sp³-hybridized carbons (Fsp3) is 0.167. The molecule has 4 heteroatoms. The summed E-state index contributed by atoms with van der Waals surface area (Å²) in [4.78, 5) is 0.136. The molecule has 1 atom stereocenters. The first-order chi connectivity index (χ1) is 7.58. The molecule has 2 rings (SSSR count). The van der Waals surface area contributed by atoms with Crippen LogP contribution in [0.25, 0.3) is 0 Å². The van der Waals surface area contributed by atoms with Gasteiger partial charge in [-0.3, -0.25) is 0 Å². The quantitative estimate of drug-likeness (QED) is 0.590. The number of rotatable bonds is 2. The SMILES string of the molecule is Cc1cc(C(Br)c2cc(Br)ccc2Br)co1. The van der Waals surface area contributed by atoms with Gasteiger partial charge in [0, 0.05) is 14.5 Å². The van der Waals surface area contributed by atoms with Crippen LogP contribution in [0.5, 0.6) is 0 Å². The Morgan fingerprint density at radius 1 is 1.19 bits per heavy atom. The summed E-state index contributed by atoms with van der Waals surface area (Å²) in [6.07, 6.45) is 1.78. The van der Waals surface area contributed by atoms with E-state index in [1.165, 1.54) is 5.56 Å². The molecule has 0 saturated carbocycles. The van der Waals surface area contributed by atoms with E-state index in [0.717, 1.165) is 20.3 Å². The minimum absolute atomic E-state index is 0.136. The molecule has 0 aliphatic carbocycles. The average Bonchev–Trinajstić information content (AvgIpc) is 2.67. The van der Waals surface area contributed by atoms with E-state index in [2.05, 4.69) is 53.9 Å². The summed E-state index contributed by atoms with van der Waals surface area (Å²) >= 11 is 10.7. The van der Waals surface area contributed by atoms with Gasteiger partial charge >= 0.3 is 0 Å². The van der Waals surface area contributed by atoms with Gasteiger partial charge in [-0.05, 0) is 36.8 Å². The Morgan fingerprint density at radius 2 is 1.94 bits per heavy atom. The first-order valence-electron chi connectivity index (χ1n) is 4.72. The second-order valence-electron chi connectivity index (χ2n) is 3.52. The highest BCUT2D eigenvalue weighted by Gasteiger charge is 2.15. The van der Waals surface area contributed by atoms with Crippen molar-refractivity contribution in [1.29, 1.82) is 0 Å². The Balaban J connectivity index is 2.40. The van der Waals surface area contributed by atoms with Crippen molar-refractivity contribution in [3.63, 3.8) is 0 Å². The summed E-state index contributed by atoms with van der Waals surface area (Å²) in [6, 6.07) is 8.16. The third-order valence-electron chi connectivity index (χ3n) is 2.27. The molecule has 1 unspecified atom stereocenters. The molecule has 0 fully saturated rings. The van der Waals surface area contributed by atoms with E-state index in [4.69, 9.17) is 4.42 Å². The van der Waals surface area contributed by atoms with Crippen LogP contribution in [0.2, 0.25) is 0 Å². The topological polar surface area (TPSA) is 13.1 Å². The average molecular weight is 409 g/mol. The number of hydrogen-bond donors (Lipinski definition) is 0. The van der Waals surface area contributed by atoms with Crippen molar-refractivity contribution in [1.82, 2.24) is 0 Å². The molecule has 84 valence electrons. The molecule has 1 nitrogen and oxygen atoms in total. The third-order valence-corrected chi connectivity index (χ3v) is 4.51. The Labute approximate surface area is 120 Å². The van der Waals surface area contributed by atoms with E-state index >= 15 is 0 Å². The first kappa shape index (κ1) is 12.4. The van der Waals surface area contributed by atoms with Gasteiger partial charge in [-0.15, -0.1) is 0 Å². The molecule has 0 aliphatic heterocycles. The van der Waals surface area contributed by atoms with Crippen molar-refractivity contribution in [3.05, 3.63) is 56.4 Å². The lowest BCUT2D eigenvalue weighted by atomic mass is 10.1. The van der Waals surface area contributed by atoms with Crippen LogP contribution in [0.3, 0.4) is 0 Å². The van der Waals surface area contributed by atoms with E-state index in [1.807, 2.05) is 25.1 Å². The summed E-state index contributed by atoms with van der Waals surface area (Å²) in [5.74, 6) is 0.922. The fourth-order valence-corrected chi connectivity index (χ4v) is 3.27. The molecule has 0 aliphatic rings. The van der Waals surface area contributed by atoms with Crippen molar-refractivity contribution in [3.8, 4) is 0 Å². The first-order valence-corrected chi connectivity index (χ1v) is 7.22. The highest BCUT2D eigenvalue weighted by Crippen LogP contribution is 2.37. The molecule has 0 spiro atoms. The summed E-state index contributed by atoms with van der Waals surface area (Å²) < 4.78 is 7.47. The van der Waals surface area contributed by atoms with E-state index in [1.54, 1.807) is 6.26 Å². The highest BCUT2D eigenvalue weighted by molar-refractivity contribution is 9.11. The van der Waals surface area contributed by atoms with Crippen molar-refractivity contribution >= 4 is 47.8 Å². The number of furan rings is 1. The zero-order valence-corrected chi connectivity index (χ0v) is 13.3. The van der Waals surface area contributed by atoms with Gasteiger partial charge in [0.25, 0.3) is 0 Å². The number of benzene rings is 1. The molecule has 1 aromatic carbocycles. The molecule has 1 aromatic heterocycles. The molecule has 2 aromatic rings. The van der Waals surface area contributed by atoms with Gasteiger partial charge in [-0.2, -0.15) is 0 Å². The summed E-state index contributed by atoms with van der Waals surface area (Å²) in [6.45, 7) is 1.94. The molecule has 1 heterocycles. The number of hydrogen-bond acceptors (Lipinski definition) is 1. The molecule has 16 heavy (non-hydrogen) atoms. The summed E-state index contributed by atoms with van der Waals surface area (Å²) in [5.41, 5.74) is 2.30. The minimum atomic E-state index is 0.136. The third kappa shape index (κ3) is 2.60. The maximum absolute atomic E-state index is 5.32. The van der Waals surface area contributed by atoms with Crippen molar-refractivity contribution in [2.45, 2.75) is 11.8 Å². The number of aryl methyl sites for hydroxylation is 1. The zero-order valence-electron chi connectivity index (χ0n) is 8.51. The minimum Gasteiger partial charge on any atom is -0.469 e. The van der Waals surface area contributed by atoms with Crippen molar-refractivity contribution in [2.75, 3.05) is 0 Å². The monoisotopic (exact) mass is 406 g/mol. The van der Waals surface area contributed by atoms with Crippen LogP contribution in [0, 0.1) is 6.92 Å². The number of alkyl halides is 1. The number of halogens is 3. The molecule has 0 saturated heterocycles. The van der Waals surface area contributed by atoms with Gasteiger partial charge < -0.3 is 4.42 Å². The van der Waals surface area contributed by atoms with E-state index in [9.17, 15) is 0 Å². The van der Waals surface area contributed by atoms with E-state index < -0.39 is 0 Å². The van der Waals surface area contributed by atoms with Crippen LogP contribution in [-0.2, 0) is 0 Å². The standard InChI is InChI=1S/C12H9Br3O/c1-7-4-8(6-16-7)12(15)10-5-9(13)2-3-11(10)14/h2-6,12H,1H3. The van der Waals surface area contributed by atoms with Crippen LogP contribution >= 0.6 is 47.8 Å². The van der Waals surface area contributed by atoms with Gasteiger partial charge in [-0.1, -0.05) is 47.8 Å². The Bertz CT molecular complexity index is 505. The molecule has 0 N–H and O–H groups in total. The lowest BCUT2D eigenvalue weighted by molar-refractivity contribution is 0.532. The fourth-order valence-electron chi connectivity index (χ4n) is 1.49. The van der Waals surface area contributed by atoms with Crippen LogP contribution in [-0.4, -0.2) is 0 Å². The van der Waals surface area contributed by atoms with Crippen molar-refractivity contribution in [2.24, 2.45) is 0 Å². The van der Waals surface area contributed by atoms with E-state index in [-0.39, 0.29) is 4.83 Å². The maximum atomic E-state index is 5.32. The van der Waals surface area contributed by atoms with Crippen LogP contribution in [0.4, 0.5) is 0 Å². The molecule has 0 bridgehead atoms. The summed E-state index contributed by atoms with van der Waals surface area (Å²) in [7, 11) is 0. The Morgan fingerprint density at radius 3 is 2.56 bits per heavy atom. The smallest absolute Gasteiger partial charge is 0.101 e. The molecule has 0 radical (unpaired) electrons. The predicted molar refractivity (Wildman–Crippen MR) is 76.1 cm³/mol. The maximum Gasteiger partial charge on any atom is 0.101 e. The summed E-state index contributed by atoms with van der Waals surface area (Å²) in [5, 5.41) is 0. The highest BCUT2D eigenvalue weighted by atomic mass is 79.9. The largest absolute Gasteiger partial charge is 0.469 e. The van der Waals surface area contributed by atoms with Gasteiger partial charge in [0.05, 0.1) is 11.1 Å². The predicted octanol–water partition coefficient (Wildman–Crippen LogP) is 5.60. The van der Waals surface area contributed by atoms with Crippen LogP contribution < -0.4 is 0 Å². The molecular weight excluding hydrogens is 400 g/mol. The van der Waals surface area contributed by atoms with Gasteiger partial charge in [0.15, 0.2) is 0 Å². The Kier molecular flexibility index (Phi) is 3.93. The lowest BCUT2D eigenvalue weighted by Gasteiger charge is -2.10. The Hall–Kier alpha value is -0.0600. The van der Waals surface area contributed by atoms with Gasteiger partial charge in [-0.25, -0.2) is 0 Å². The van der Waals surface area contributed by atoms with Gasteiger partial charge in [0.2, 0.25) is 0 Å². The lowest BCUT2D eigenvalue weighted by Crippen LogP contribution is -1.92. The molecular formula is C12H9Br3O. The normalized spacial score (nSPS) is 12.8. The van der Waals surface area contributed by atoms with Crippen LogP contribution in [0.15, 0.2) is 43.9 Å². The van der Waals surface area contributed by atoms with Crippen LogP contribution in [0.1, 0.15) is 21.7 Å². The second kappa shape index (κ2) is 5.07. The van der Waals surface area contributed by atoms with Gasteiger partial charge in [0.1, 0.15) is 5.76 Å². The van der Waals surface area contributed by atoms with Crippen molar-refractivity contribution < 1.29 is 4.42 Å². The molecule has 0 amide bonds. The zero-order chi connectivity index (χ0) is 11.7. The van der Waals surface area contributed by atoms with E-state index in [0.29, 0.717) is 0 Å². The second-order valence-corrected chi connectivity index (χ2v) is 6.20.